The lowest BCUT2D eigenvalue weighted by Crippen LogP contribution is -2.17. The van der Waals surface area contributed by atoms with E-state index in [1.54, 1.807) is 29.9 Å². The molecule has 1 amide bonds. The zero-order valence-electron chi connectivity index (χ0n) is 15.0. The van der Waals surface area contributed by atoms with Crippen LogP contribution in [0.25, 0.3) is 5.69 Å². The number of ether oxygens (including phenoxy) is 1. The van der Waals surface area contributed by atoms with E-state index in [1.807, 2.05) is 13.0 Å². The molecule has 3 aromatic rings. The lowest BCUT2D eigenvalue weighted by Gasteiger charge is -2.09. The Labute approximate surface area is 158 Å². The zero-order valence-corrected chi connectivity index (χ0v) is 15.0. The van der Waals surface area contributed by atoms with Gasteiger partial charge in [-0.2, -0.15) is 5.10 Å². The number of rotatable bonds is 4. The van der Waals surface area contributed by atoms with E-state index in [0.29, 0.717) is 17.1 Å². The van der Waals surface area contributed by atoms with Gasteiger partial charge in [0.25, 0.3) is 5.91 Å². The topological polar surface area (TPSA) is 82.2 Å². The van der Waals surface area contributed by atoms with Crippen LogP contribution >= 0.6 is 0 Å². The lowest BCUT2D eigenvalue weighted by atomic mass is 10.2. The summed E-state index contributed by atoms with van der Waals surface area (Å²) in [6.07, 6.45) is -3.13. The Morgan fingerprint density at radius 1 is 1.14 bits per heavy atom. The van der Waals surface area contributed by atoms with E-state index in [-0.39, 0.29) is 5.56 Å². The number of halogens is 3. The third-order valence-electron chi connectivity index (χ3n) is 4.02. The minimum absolute atomic E-state index is 0.185. The number of aromatic nitrogens is 2. The Morgan fingerprint density at radius 3 is 2.43 bits per heavy atom. The van der Waals surface area contributed by atoms with Crippen LogP contribution in [-0.4, -0.2) is 22.1 Å². The smallest absolute Gasteiger partial charge is 0.406 e. The number of alkyl halides is 3. The molecular formula is C19H17F3N4O2. The van der Waals surface area contributed by atoms with Crippen molar-refractivity contribution in [1.29, 1.82) is 0 Å². The van der Waals surface area contributed by atoms with Gasteiger partial charge >= 0.3 is 6.36 Å². The summed E-state index contributed by atoms with van der Waals surface area (Å²) in [5.41, 5.74) is 9.42. The summed E-state index contributed by atoms with van der Waals surface area (Å²) in [5.74, 6) is -0.874. The minimum atomic E-state index is -4.78. The highest BCUT2D eigenvalue weighted by molar-refractivity contribution is 6.04. The normalized spacial score (nSPS) is 11.3. The van der Waals surface area contributed by atoms with E-state index >= 15 is 0 Å². The molecule has 1 heterocycles. The SMILES string of the molecule is Cc1cc(-n2cc(NC(=O)c3ccc(OC(F)(F)F)cc3)c(C)n2)ccc1N. The quantitative estimate of drug-likeness (QED) is 0.654. The van der Waals surface area contributed by atoms with Gasteiger partial charge in [-0.25, -0.2) is 4.68 Å². The summed E-state index contributed by atoms with van der Waals surface area (Å²) in [5, 5.41) is 7.07. The van der Waals surface area contributed by atoms with Crippen molar-refractivity contribution in [1.82, 2.24) is 9.78 Å². The van der Waals surface area contributed by atoms with Crippen LogP contribution in [0.5, 0.6) is 5.75 Å². The maximum absolute atomic E-state index is 12.4. The summed E-state index contributed by atoms with van der Waals surface area (Å²) in [6, 6.07) is 10.1. The molecule has 1 aromatic heterocycles. The summed E-state index contributed by atoms with van der Waals surface area (Å²) < 4.78 is 42.0. The van der Waals surface area contributed by atoms with Crippen molar-refractivity contribution in [2.24, 2.45) is 0 Å². The number of anilines is 2. The molecule has 0 spiro atoms. The van der Waals surface area contributed by atoms with Gasteiger partial charge in [0.1, 0.15) is 5.75 Å². The average Bonchev–Trinajstić information content (AvgIpc) is 2.97. The van der Waals surface area contributed by atoms with Crippen LogP contribution in [0.3, 0.4) is 0 Å². The number of nitrogens with two attached hydrogens (primary N) is 1. The molecule has 0 fully saturated rings. The van der Waals surface area contributed by atoms with Crippen LogP contribution in [0.2, 0.25) is 0 Å². The molecule has 28 heavy (non-hydrogen) atoms. The molecule has 0 saturated carbocycles. The molecule has 0 bridgehead atoms. The monoisotopic (exact) mass is 390 g/mol. The van der Waals surface area contributed by atoms with Gasteiger partial charge in [-0.3, -0.25) is 4.79 Å². The molecule has 146 valence electrons. The van der Waals surface area contributed by atoms with Crippen LogP contribution in [0.4, 0.5) is 24.5 Å². The van der Waals surface area contributed by atoms with Crippen molar-refractivity contribution >= 4 is 17.3 Å². The molecule has 0 radical (unpaired) electrons. The summed E-state index contributed by atoms with van der Waals surface area (Å²) >= 11 is 0. The third kappa shape index (κ3) is 4.43. The first-order valence-electron chi connectivity index (χ1n) is 8.22. The molecule has 2 aromatic carbocycles. The number of amides is 1. The fraction of sp³-hybridized carbons (Fsp3) is 0.158. The largest absolute Gasteiger partial charge is 0.573 e. The van der Waals surface area contributed by atoms with Crippen molar-refractivity contribution < 1.29 is 22.7 Å². The van der Waals surface area contributed by atoms with E-state index in [4.69, 9.17) is 5.73 Å². The molecule has 3 N–H and O–H groups in total. The van der Waals surface area contributed by atoms with E-state index < -0.39 is 18.0 Å². The standard InChI is InChI=1S/C19H17F3N4O2/c1-11-9-14(5-8-16(11)23)26-10-17(12(2)25-26)24-18(27)13-3-6-15(7-4-13)28-19(20,21)22/h3-10H,23H2,1-2H3,(H,24,27). The second kappa shape index (κ2) is 7.26. The molecule has 3 rings (SSSR count). The average molecular weight is 390 g/mol. The molecule has 0 aliphatic heterocycles. The van der Waals surface area contributed by atoms with E-state index in [1.165, 1.54) is 12.1 Å². The van der Waals surface area contributed by atoms with Crippen molar-refractivity contribution in [3.63, 3.8) is 0 Å². The van der Waals surface area contributed by atoms with Crippen LogP contribution in [-0.2, 0) is 0 Å². The fourth-order valence-corrected chi connectivity index (χ4v) is 2.52. The molecule has 9 heteroatoms. The first-order valence-corrected chi connectivity index (χ1v) is 8.22. The van der Waals surface area contributed by atoms with E-state index in [9.17, 15) is 18.0 Å². The van der Waals surface area contributed by atoms with E-state index in [2.05, 4.69) is 15.2 Å². The fourth-order valence-electron chi connectivity index (χ4n) is 2.52. The molecule has 0 unspecified atom stereocenters. The third-order valence-corrected chi connectivity index (χ3v) is 4.02. The maximum atomic E-state index is 12.4. The number of aryl methyl sites for hydroxylation is 2. The zero-order chi connectivity index (χ0) is 20.5. The predicted octanol–water partition coefficient (Wildman–Crippen LogP) is 4.22. The van der Waals surface area contributed by atoms with Gasteiger partial charge < -0.3 is 15.8 Å². The van der Waals surface area contributed by atoms with Crippen molar-refractivity contribution in [3.05, 3.63) is 65.5 Å². The van der Waals surface area contributed by atoms with Gasteiger partial charge in [-0.05, 0) is 61.9 Å². The molecule has 0 saturated heterocycles. The Bertz CT molecular complexity index is 1010. The molecule has 0 atom stereocenters. The van der Waals surface area contributed by atoms with Gasteiger partial charge in [-0.1, -0.05) is 0 Å². The van der Waals surface area contributed by atoms with Crippen molar-refractivity contribution in [2.45, 2.75) is 20.2 Å². The van der Waals surface area contributed by atoms with Crippen LogP contribution < -0.4 is 15.8 Å². The second-order valence-corrected chi connectivity index (χ2v) is 6.14. The van der Waals surface area contributed by atoms with Gasteiger partial charge in [0.15, 0.2) is 0 Å². The van der Waals surface area contributed by atoms with Crippen LogP contribution in [0.1, 0.15) is 21.6 Å². The molecule has 0 aliphatic carbocycles. The first-order chi connectivity index (χ1) is 13.1. The summed E-state index contributed by atoms with van der Waals surface area (Å²) in [7, 11) is 0. The number of hydrogen-bond donors (Lipinski definition) is 2. The number of nitrogens with one attached hydrogen (secondary N) is 1. The first kappa shape index (κ1) is 19.3. The number of nitrogen functional groups attached to an aromatic ring is 1. The number of benzene rings is 2. The molecule has 0 aliphatic rings. The Morgan fingerprint density at radius 2 is 1.82 bits per heavy atom. The maximum Gasteiger partial charge on any atom is 0.573 e. The lowest BCUT2D eigenvalue weighted by molar-refractivity contribution is -0.274. The second-order valence-electron chi connectivity index (χ2n) is 6.14. The summed E-state index contributed by atoms with van der Waals surface area (Å²) in [6.45, 7) is 3.61. The molecule has 6 nitrogen and oxygen atoms in total. The van der Waals surface area contributed by atoms with Gasteiger partial charge in [-0.15, -0.1) is 13.2 Å². The van der Waals surface area contributed by atoms with Gasteiger partial charge in [0, 0.05) is 11.3 Å². The van der Waals surface area contributed by atoms with Gasteiger partial charge in [0.05, 0.1) is 23.3 Å². The highest BCUT2D eigenvalue weighted by Gasteiger charge is 2.31. The van der Waals surface area contributed by atoms with Crippen molar-refractivity contribution in [3.8, 4) is 11.4 Å². The minimum Gasteiger partial charge on any atom is -0.406 e. The number of hydrogen-bond acceptors (Lipinski definition) is 4. The number of carbonyl (C=O) groups is 1. The highest BCUT2D eigenvalue weighted by Crippen LogP contribution is 2.24. The number of nitrogens with zero attached hydrogens (tertiary/aromatic N) is 2. The van der Waals surface area contributed by atoms with Crippen LogP contribution in [0.15, 0.2) is 48.7 Å². The summed E-state index contributed by atoms with van der Waals surface area (Å²) in [4.78, 5) is 12.4. The van der Waals surface area contributed by atoms with E-state index in [0.717, 1.165) is 23.4 Å². The van der Waals surface area contributed by atoms with Crippen LogP contribution in [0, 0.1) is 13.8 Å². The Kier molecular flexibility index (Phi) is 5.00. The molecular weight excluding hydrogens is 373 g/mol. The number of carbonyl (C=O) groups excluding carboxylic acids is 1. The van der Waals surface area contributed by atoms with Crippen molar-refractivity contribution in [2.75, 3.05) is 11.1 Å². The highest BCUT2D eigenvalue weighted by atomic mass is 19.4. The Balaban J connectivity index is 1.75. The Hall–Kier alpha value is -3.49. The van der Waals surface area contributed by atoms with Gasteiger partial charge in [0.2, 0.25) is 0 Å². The predicted molar refractivity (Wildman–Crippen MR) is 98.5 cm³/mol.